The Hall–Kier alpha value is -4.58. The average Bonchev–Trinajstić information content (AvgIpc) is 3.44. The zero-order chi connectivity index (χ0) is 25.2. The lowest BCUT2D eigenvalue weighted by molar-refractivity contribution is -0.384. The Morgan fingerprint density at radius 2 is 1.89 bits per heavy atom. The van der Waals surface area contributed by atoms with Crippen LogP contribution < -0.4 is 14.8 Å². The first-order valence-electron chi connectivity index (χ1n) is 10.7. The number of carbonyl (C=O) groups excluding carboxylic acids is 3. The number of furan rings is 1. The first-order valence-corrected chi connectivity index (χ1v) is 11.5. The molecule has 0 saturated carbocycles. The number of amides is 3. The number of imide groups is 1. The van der Waals surface area contributed by atoms with Crippen LogP contribution >= 0.6 is 11.8 Å². The fourth-order valence-electron chi connectivity index (χ4n) is 3.59. The number of fused-ring (bicyclic) bond motifs is 1. The molecular weight excluding hydrogens is 490 g/mol. The van der Waals surface area contributed by atoms with Crippen molar-refractivity contribution in [3.05, 3.63) is 75.4 Å². The van der Waals surface area contributed by atoms with Gasteiger partial charge in [-0.1, -0.05) is 12.1 Å². The molecule has 182 valence electrons. The molecule has 1 N–H and O–H groups in total. The molecule has 1 aromatic heterocycles. The highest BCUT2D eigenvalue weighted by atomic mass is 32.2. The Labute approximate surface area is 207 Å². The number of rotatable bonds is 6. The van der Waals surface area contributed by atoms with Gasteiger partial charge in [0.05, 0.1) is 9.83 Å². The van der Waals surface area contributed by atoms with Crippen molar-refractivity contribution in [3.8, 4) is 22.8 Å². The van der Waals surface area contributed by atoms with Crippen LogP contribution in [0.25, 0.3) is 17.4 Å². The summed E-state index contributed by atoms with van der Waals surface area (Å²) in [5.74, 6) is 0.528. The normalized spacial score (nSPS) is 15.9. The van der Waals surface area contributed by atoms with E-state index < -0.39 is 28.5 Å². The maximum absolute atomic E-state index is 12.8. The number of nitro groups is 1. The predicted octanol–water partition coefficient (Wildman–Crippen LogP) is 4.30. The monoisotopic (exact) mass is 507 g/mol. The Morgan fingerprint density at radius 1 is 1.08 bits per heavy atom. The van der Waals surface area contributed by atoms with Gasteiger partial charge in [0, 0.05) is 35.5 Å². The van der Waals surface area contributed by atoms with E-state index in [4.69, 9.17) is 13.9 Å². The van der Waals surface area contributed by atoms with Crippen molar-refractivity contribution >= 4 is 46.3 Å². The van der Waals surface area contributed by atoms with Crippen LogP contribution in [0.2, 0.25) is 0 Å². The quantitative estimate of drug-likeness (QED) is 0.294. The van der Waals surface area contributed by atoms with Gasteiger partial charge in [-0.2, -0.15) is 0 Å². The fourth-order valence-corrected chi connectivity index (χ4v) is 4.41. The number of nitro benzene ring substituents is 1. The number of nitrogens with zero attached hydrogens (tertiary/aromatic N) is 2. The summed E-state index contributed by atoms with van der Waals surface area (Å²) < 4.78 is 16.6. The van der Waals surface area contributed by atoms with Gasteiger partial charge in [0.2, 0.25) is 5.91 Å². The number of benzene rings is 2. The molecule has 1 saturated heterocycles. The van der Waals surface area contributed by atoms with Crippen LogP contribution in [-0.2, 0) is 9.59 Å². The minimum atomic E-state index is -0.629. The minimum absolute atomic E-state index is 0.0823. The molecule has 2 aliphatic rings. The number of anilines is 1. The summed E-state index contributed by atoms with van der Waals surface area (Å²) in [5, 5.41) is 13.1. The molecule has 0 atom stereocenters. The molecule has 0 unspecified atom stereocenters. The third kappa shape index (κ3) is 4.79. The number of carbonyl (C=O) groups is 3. The van der Waals surface area contributed by atoms with Gasteiger partial charge in [-0.25, -0.2) is 0 Å². The van der Waals surface area contributed by atoms with Crippen LogP contribution in [0.4, 0.5) is 16.2 Å². The van der Waals surface area contributed by atoms with Gasteiger partial charge in [-0.3, -0.25) is 29.4 Å². The van der Waals surface area contributed by atoms with Crippen molar-refractivity contribution in [2.45, 2.75) is 0 Å². The number of thioether (sulfide) groups is 1. The number of hydrogen-bond donors (Lipinski definition) is 1. The molecule has 0 aliphatic carbocycles. The summed E-state index contributed by atoms with van der Waals surface area (Å²) in [7, 11) is 0. The second-order valence-corrected chi connectivity index (χ2v) is 8.68. The van der Waals surface area contributed by atoms with E-state index in [1.807, 2.05) is 0 Å². The topological polar surface area (TPSA) is 141 Å². The third-order valence-corrected chi connectivity index (χ3v) is 6.15. The lowest BCUT2D eigenvalue weighted by atomic mass is 10.1. The minimum Gasteiger partial charge on any atom is -0.486 e. The molecule has 12 heteroatoms. The van der Waals surface area contributed by atoms with Crippen molar-refractivity contribution in [2.75, 3.05) is 25.1 Å². The molecule has 5 rings (SSSR count). The van der Waals surface area contributed by atoms with Crippen LogP contribution in [0.15, 0.2) is 63.9 Å². The highest BCUT2D eigenvalue weighted by Gasteiger charge is 2.36. The molecule has 36 heavy (non-hydrogen) atoms. The van der Waals surface area contributed by atoms with E-state index in [1.165, 1.54) is 24.3 Å². The van der Waals surface area contributed by atoms with E-state index in [9.17, 15) is 24.5 Å². The first kappa shape index (κ1) is 23.2. The lowest BCUT2D eigenvalue weighted by Crippen LogP contribution is -2.36. The first-order chi connectivity index (χ1) is 17.4. The van der Waals surface area contributed by atoms with Crippen molar-refractivity contribution in [1.82, 2.24) is 4.90 Å². The number of ether oxygens (including phenoxy) is 2. The number of hydrogen-bond acceptors (Lipinski definition) is 9. The maximum atomic E-state index is 12.8. The summed E-state index contributed by atoms with van der Waals surface area (Å²) in [4.78, 5) is 49.1. The molecule has 1 fully saturated rings. The Balaban J connectivity index is 1.26. The highest BCUT2D eigenvalue weighted by Crippen LogP contribution is 2.35. The predicted molar refractivity (Wildman–Crippen MR) is 130 cm³/mol. The van der Waals surface area contributed by atoms with E-state index in [0.29, 0.717) is 53.5 Å². The van der Waals surface area contributed by atoms with E-state index in [-0.39, 0.29) is 16.4 Å². The van der Waals surface area contributed by atoms with Gasteiger partial charge in [-0.05, 0) is 36.0 Å². The van der Waals surface area contributed by atoms with Crippen LogP contribution in [-0.4, -0.2) is 46.6 Å². The maximum Gasteiger partial charge on any atom is 0.294 e. The van der Waals surface area contributed by atoms with Gasteiger partial charge in [0.15, 0.2) is 11.5 Å². The molecule has 0 bridgehead atoms. The Kier molecular flexibility index (Phi) is 6.17. The molecule has 3 aromatic rings. The van der Waals surface area contributed by atoms with Crippen molar-refractivity contribution in [2.24, 2.45) is 0 Å². The largest absolute Gasteiger partial charge is 0.486 e. The van der Waals surface area contributed by atoms with Crippen molar-refractivity contribution < 1.29 is 33.2 Å². The Morgan fingerprint density at radius 3 is 2.69 bits per heavy atom. The summed E-state index contributed by atoms with van der Waals surface area (Å²) in [6.45, 7) is 0.378. The Bertz CT molecular complexity index is 1430. The second kappa shape index (κ2) is 9.58. The molecular formula is C24H17N3O8S. The van der Waals surface area contributed by atoms with E-state index >= 15 is 0 Å². The van der Waals surface area contributed by atoms with E-state index in [0.717, 1.165) is 4.90 Å². The number of nitrogens with one attached hydrogen (secondary N) is 1. The standard InChI is InChI=1S/C24H17N3O8S/c28-22(25-15-4-6-19-20(11-15)34-9-8-33-19)13-26-23(29)21(36-24(26)30)12-17-5-7-18(35-17)14-2-1-3-16(10-14)27(31)32/h1-7,10-12H,8-9,13H2,(H,25,28)/b21-12+. The average molecular weight is 507 g/mol. The fraction of sp³-hybridized carbons (Fsp3) is 0.125. The third-order valence-electron chi connectivity index (χ3n) is 5.24. The van der Waals surface area contributed by atoms with Crippen molar-refractivity contribution in [3.63, 3.8) is 0 Å². The molecule has 11 nitrogen and oxygen atoms in total. The van der Waals surface area contributed by atoms with Crippen LogP contribution in [0.5, 0.6) is 11.5 Å². The van der Waals surface area contributed by atoms with Gasteiger partial charge in [0.25, 0.3) is 16.8 Å². The summed E-state index contributed by atoms with van der Waals surface area (Å²) >= 11 is 0.688. The second-order valence-electron chi connectivity index (χ2n) is 7.68. The van der Waals surface area contributed by atoms with Gasteiger partial charge < -0.3 is 19.2 Å². The summed E-state index contributed by atoms with van der Waals surface area (Å²) in [6.07, 6.45) is 1.39. The van der Waals surface area contributed by atoms with Crippen LogP contribution in [0.1, 0.15) is 5.76 Å². The lowest BCUT2D eigenvalue weighted by Gasteiger charge is -2.19. The summed E-state index contributed by atoms with van der Waals surface area (Å²) in [5.41, 5.74) is 0.852. The molecule has 0 spiro atoms. The summed E-state index contributed by atoms with van der Waals surface area (Å²) in [6, 6.07) is 14.0. The van der Waals surface area contributed by atoms with E-state index in [1.54, 1.807) is 36.4 Å². The van der Waals surface area contributed by atoms with Gasteiger partial charge in [0.1, 0.15) is 31.3 Å². The molecule has 2 aromatic carbocycles. The highest BCUT2D eigenvalue weighted by molar-refractivity contribution is 8.18. The van der Waals surface area contributed by atoms with Gasteiger partial charge in [-0.15, -0.1) is 0 Å². The van der Waals surface area contributed by atoms with Gasteiger partial charge >= 0.3 is 0 Å². The molecule has 2 aliphatic heterocycles. The molecule has 3 heterocycles. The SMILES string of the molecule is O=C(CN1C(=O)S/C(=C/c2ccc(-c3cccc([N+](=O)[O-])c3)o2)C1=O)Nc1ccc2c(c1)OCCO2. The molecule has 0 radical (unpaired) electrons. The smallest absolute Gasteiger partial charge is 0.294 e. The van der Waals surface area contributed by atoms with Crippen LogP contribution in [0, 0.1) is 10.1 Å². The van der Waals surface area contributed by atoms with Crippen LogP contribution in [0.3, 0.4) is 0 Å². The van der Waals surface area contributed by atoms with Crippen molar-refractivity contribution in [1.29, 1.82) is 0 Å². The number of non-ortho nitro benzene ring substituents is 1. The zero-order valence-electron chi connectivity index (χ0n) is 18.5. The zero-order valence-corrected chi connectivity index (χ0v) is 19.3. The van der Waals surface area contributed by atoms with E-state index in [2.05, 4.69) is 5.32 Å². The molecule has 3 amide bonds.